The molecule has 1 aliphatic carbocycles. The molecule has 1 heterocycles. The van der Waals surface area contributed by atoms with E-state index in [-0.39, 0.29) is 23.8 Å². The molecule has 0 aromatic heterocycles. The Hall–Kier alpha value is -1.55. The second-order valence-corrected chi connectivity index (χ2v) is 6.31. The molecule has 3 rings (SSSR count). The van der Waals surface area contributed by atoms with Crippen LogP contribution in [-0.2, 0) is 16.1 Å². The highest BCUT2D eigenvalue weighted by atomic mass is 35.5. The summed E-state index contributed by atoms with van der Waals surface area (Å²) in [4.78, 5) is 25.8. The van der Waals surface area contributed by atoms with E-state index in [1.54, 1.807) is 4.90 Å². The molecule has 5 heteroatoms. The van der Waals surface area contributed by atoms with Gasteiger partial charge < -0.3 is 10.2 Å². The summed E-state index contributed by atoms with van der Waals surface area (Å²) in [6.07, 6.45) is 3.49. The van der Waals surface area contributed by atoms with E-state index in [2.05, 4.69) is 5.32 Å². The maximum absolute atomic E-state index is 12.1. The number of hydrogen-bond donors (Lipinski definition) is 1. The number of nitrogens with one attached hydrogen (secondary N) is 1. The molecular formula is C16H19ClN2O2. The molecule has 21 heavy (non-hydrogen) atoms. The van der Waals surface area contributed by atoms with Crippen LogP contribution >= 0.6 is 11.6 Å². The van der Waals surface area contributed by atoms with Gasteiger partial charge in [-0.15, -0.1) is 0 Å². The zero-order valence-corrected chi connectivity index (χ0v) is 12.6. The fraction of sp³-hybridized carbons (Fsp3) is 0.500. The summed E-state index contributed by atoms with van der Waals surface area (Å²) in [6, 6.07) is 7.48. The number of benzene rings is 1. The summed E-state index contributed by atoms with van der Waals surface area (Å²) in [5.74, 6) is 0.352. The molecule has 1 saturated heterocycles. The van der Waals surface area contributed by atoms with Crippen molar-refractivity contribution < 1.29 is 9.59 Å². The highest BCUT2D eigenvalue weighted by molar-refractivity contribution is 6.31. The van der Waals surface area contributed by atoms with Crippen molar-refractivity contribution in [2.75, 3.05) is 6.54 Å². The minimum absolute atomic E-state index is 0.0620. The second kappa shape index (κ2) is 6.06. The first-order valence-corrected chi connectivity index (χ1v) is 7.83. The molecule has 1 saturated carbocycles. The molecule has 0 unspecified atom stereocenters. The van der Waals surface area contributed by atoms with Crippen LogP contribution in [0.4, 0.5) is 0 Å². The predicted molar refractivity (Wildman–Crippen MR) is 80.8 cm³/mol. The fourth-order valence-electron chi connectivity index (χ4n) is 2.84. The third-order valence-electron chi connectivity index (χ3n) is 4.36. The Bertz CT molecular complexity index is 557. The highest BCUT2D eigenvalue weighted by Gasteiger charge is 2.33. The summed E-state index contributed by atoms with van der Waals surface area (Å²) < 4.78 is 0. The van der Waals surface area contributed by atoms with Gasteiger partial charge in [0, 0.05) is 30.5 Å². The van der Waals surface area contributed by atoms with Crippen LogP contribution in [0.5, 0.6) is 0 Å². The van der Waals surface area contributed by atoms with Crippen LogP contribution in [0.15, 0.2) is 24.3 Å². The van der Waals surface area contributed by atoms with Crippen molar-refractivity contribution >= 4 is 23.4 Å². The molecular weight excluding hydrogens is 288 g/mol. The van der Waals surface area contributed by atoms with Crippen molar-refractivity contribution in [3.05, 3.63) is 34.9 Å². The normalized spacial score (nSPS) is 22.2. The maximum atomic E-state index is 12.1. The lowest BCUT2D eigenvalue weighted by Crippen LogP contribution is -2.42. The third-order valence-corrected chi connectivity index (χ3v) is 4.72. The van der Waals surface area contributed by atoms with E-state index in [1.165, 1.54) is 0 Å². The molecule has 1 aromatic rings. The van der Waals surface area contributed by atoms with E-state index in [0.29, 0.717) is 24.5 Å². The highest BCUT2D eigenvalue weighted by Crippen LogP contribution is 2.27. The van der Waals surface area contributed by atoms with Gasteiger partial charge in [0.2, 0.25) is 11.8 Å². The Kier molecular flexibility index (Phi) is 4.15. The van der Waals surface area contributed by atoms with E-state index < -0.39 is 0 Å². The van der Waals surface area contributed by atoms with Gasteiger partial charge in [0.1, 0.15) is 0 Å². The van der Waals surface area contributed by atoms with Crippen LogP contribution in [0.2, 0.25) is 5.02 Å². The molecule has 1 aromatic carbocycles. The van der Waals surface area contributed by atoms with Gasteiger partial charge in [0.25, 0.3) is 0 Å². The van der Waals surface area contributed by atoms with E-state index >= 15 is 0 Å². The van der Waals surface area contributed by atoms with Crippen LogP contribution < -0.4 is 5.32 Å². The summed E-state index contributed by atoms with van der Waals surface area (Å²) >= 11 is 6.13. The van der Waals surface area contributed by atoms with Crippen LogP contribution in [0.3, 0.4) is 0 Å². The monoisotopic (exact) mass is 306 g/mol. The number of carbonyl (C=O) groups excluding carboxylic acids is 2. The molecule has 1 atom stereocenters. The lowest BCUT2D eigenvalue weighted by atomic mass is 9.84. The molecule has 0 radical (unpaired) electrons. The number of likely N-dealkylation sites (tertiary alicyclic amines) is 1. The minimum Gasteiger partial charge on any atom is -0.351 e. The Morgan fingerprint density at radius 3 is 2.76 bits per heavy atom. The van der Waals surface area contributed by atoms with Crippen LogP contribution in [0.1, 0.15) is 31.2 Å². The average molecular weight is 307 g/mol. The fourth-order valence-corrected chi connectivity index (χ4v) is 3.04. The van der Waals surface area contributed by atoms with Gasteiger partial charge in [-0.05, 0) is 24.5 Å². The van der Waals surface area contributed by atoms with E-state index in [4.69, 9.17) is 11.6 Å². The lowest BCUT2D eigenvalue weighted by Gasteiger charge is -2.26. The van der Waals surface area contributed by atoms with Crippen LogP contribution in [0, 0.1) is 5.92 Å². The SMILES string of the molecule is O=C(N[C@@H]1CC(=O)N(Cc2ccccc2Cl)C1)C1CCC1. The first-order valence-electron chi connectivity index (χ1n) is 7.45. The molecule has 2 aliphatic rings. The quantitative estimate of drug-likeness (QED) is 0.928. The van der Waals surface area contributed by atoms with Gasteiger partial charge >= 0.3 is 0 Å². The van der Waals surface area contributed by atoms with Crippen molar-refractivity contribution in [2.24, 2.45) is 5.92 Å². The maximum Gasteiger partial charge on any atom is 0.225 e. The number of nitrogens with zero attached hydrogens (tertiary/aromatic N) is 1. The largest absolute Gasteiger partial charge is 0.351 e. The number of hydrogen-bond acceptors (Lipinski definition) is 2. The molecule has 1 aliphatic heterocycles. The van der Waals surface area contributed by atoms with Gasteiger partial charge in [0.05, 0.1) is 6.04 Å². The van der Waals surface area contributed by atoms with Crippen molar-refractivity contribution in [3.63, 3.8) is 0 Å². The van der Waals surface area contributed by atoms with Gasteiger partial charge in [-0.2, -0.15) is 0 Å². The molecule has 112 valence electrons. The first-order chi connectivity index (χ1) is 10.1. The van der Waals surface area contributed by atoms with E-state index in [9.17, 15) is 9.59 Å². The molecule has 4 nitrogen and oxygen atoms in total. The number of carbonyl (C=O) groups is 2. The Morgan fingerprint density at radius 2 is 2.10 bits per heavy atom. The van der Waals surface area contributed by atoms with Gasteiger partial charge in [-0.3, -0.25) is 9.59 Å². The predicted octanol–water partition coefficient (Wildman–Crippen LogP) is 2.36. The minimum atomic E-state index is -0.0620. The second-order valence-electron chi connectivity index (χ2n) is 5.90. The van der Waals surface area contributed by atoms with Crippen molar-refractivity contribution in [3.8, 4) is 0 Å². The smallest absolute Gasteiger partial charge is 0.225 e. The molecule has 0 spiro atoms. The van der Waals surface area contributed by atoms with Crippen molar-refractivity contribution in [1.29, 1.82) is 0 Å². The topological polar surface area (TPSA) is 49.4 Å². The number of amides is 2. The number of rotatable bonds is 4. The third kappa shape index (κ3) is 3.21. The van der Waals surface area contributed by atoms with Crippen LogP contribution in [0.25, 0.3) is 0 Å². The van der Waals surface area contributed by atoms with E-state index in [0.717, 1.165) is 24.8 Å². The van der Waals surface area contributed by atoms with Gasteiger partial charge in [0.15, 0.2) is 0 Å². The van der Waals surface area contributed by atoms with Gasteiger partial charge in [-0.1, -0.05) is 36.2 Å². The first kappa shape index (κ1) is 14.4. The summed E-state index contributed by atoms with van der Waals surface area (Å²) in [5, 5.41) is 3.68. The molecule has 0 bridgehead atoms. The summed E-state index contributed by atoms with van der Waals surface area (Å²) in [6.45, 7) is 1.08. The molecule has 2 fully saturated rings. The zero-order valence-electron chi connectivity index (χ0n) is 11.8. The Balaban J connectivity index is 1.57. The molecule has 2 amide bonds. The molecule has 1 N–H and O–H groups in total. The standard InChI is InChI=1S/C16H19ClN2O2/c17-14-7-2-1-4-12(14)9-19-10-13(8-15(19)20)18-16(21)11-5-3-6-11/h1-2,4,7,11,13H,3,5-6,8-10H2,(H,18,21)/t13-/m1/s1. The van der Waals surface area contributed by atoms with Crippen molar-refractivity contribution in [2.45, 2.75) is 38.3 Å². The Morgan fingerprint density at radius 1 is 1.33 bits per heavy atom. The lowest BCUT2D eigenvalue weighted by molar-refractivity contribution is -0.128. The summed E-state index contributed by atoms with van der Waals surface area (Å²) in [5.41, 5.74) is 0.943. The number of halogens is 1. The average Bonchev–Trinajstić information content (AvgIpc) is 2.70. The van der Waals surface area contributed by atoms with Crippen LogP contribution in [-0.4, -0.2) is 29.3 Å². The van der Waals surface area contributed by atoms with E-state index in [1.807, 2.05) is 24.3 Å². The zero-order chi connectivity index (χ0) is 14.8. The van der Waals surface area contributed by atoms with Gasteiger partial charge in [-0.25, -0.2) is 0 Å². The Labute approximate surface area is 129 Å². The van der Waals surface area contributed by atoms with Crippen molar-refractivity contribution in [1.82, 2.24) is 10.2 Å². The summed E-state index contributed by atoms with van der Waals surface area (Å²) in [7, 11) is 0.